The monoisotopic (exact) mass is 329 g/mol. The van der Waals surface area contributed by atoms with E-state index in [4.69, 9.17) is 15.6 Å². The summed E-state index contributed by atoms with van der Waals surface area (Å²) >= 11 is 0. The fraction of sp³-hybridized carbons (Fsp3) is 0.875. The van der Waals surface area contributed by atoms with E-state index in [0.717, 1.165) is 19.6 Å². The van der Waals surface area contributed by atoms with Crippen molar-refractivity contribution in [3.8, 4) is 0 Å². The van der Waals surface area contributed by atoms with Gasteiger partial charge < -0.3 is 20.5 Å². The SMILES string of the molecule is CC(C)(C)OC(=O)N1CCN(CCC(C)(C)C(N)C(=O)O)CC1. The van der Waals surface area contributed by atoms with Crippen molar-refractivity contribution < 1.29 is 19.4 Å². The van der Waals surface area contributed by atoms with Gasteiger partial charge >= 0.3 is 12.1 Å². The number of hydrogen-bond donors (Lipinski definition) is 2. The van der Waals surface area contributed by atoms with E-state index in [0.29, 0.717) is 19.5 Å². The molecule has 1 aliphatic heterocycles. The van der Waals surface area contributed by atoms with Gasteiger partial charge in [-0.3, -0.25) is 9.69 Å². The van der Waals surface area contributed by atoms with Crippen LogP contribution in [0.2, 0.25) is 0 Å². The van der Waals surface area contributed by atoms with E-state index in [2.05, 4.69) is 4.90 Å². The molecular weight excluding hydrogens is 298 g/mol. The van der Waals surface area contributed by atoms with Crippen molar-refractivity contribution in [2.75, 3.05) is 32.7 Å². The Morgan fingerprint density at radius 1 is 1.13 bits per heavy atom. The van der Waals surface area contributed by atoms with Crippen molar-refractivity contribution in [1.29, 1.82) is 0 Å². The summed E-state index contributed by atoms with van der Waals surface area (Å²) < 4.78 is 5.37. The maximum absolute atomic E-state index is 12.0. The largest absolute Gasteiger partial charge is 0.480 e. The third-order valence-corrected chi connectivity index (χ3v) is 4.20. The van der Waals surface area contributed by atoms with E-state index in [-0.39, 0.29) is 6.09 Å². The number of ether oxygens (including phenoxy) is 1. The predicted octanol–water partition coefficient (Wildman–Crippen LogP) is 1.37. The second-order valence-electron chi connectivity index (χ2n) is 7.86. The number of hydrogen-bond acceptors (Lipinski definition) is 5. The number of carbonyl (C=O) groups is 2. The lowest BCUT2D eigenvalue weighted by Gasteiger charge is -2.37. The van der Waals surface area contributed by atoms with Crippen LogP contribution in [0.15, 0.2) is 0 Å². The molecule has 3 N–H and O–H groups in total. The molecular formula is C16H31N3O4. The fourth-order valence-electron chi connectivity index (χ4n) is 2.42. The van der Waals surface area contributed by atoms with Crippen LogP contribution in [0.3, 0.4) is 0 Å². The zero-order valence-electron chi connectivity index (χ0n) is 15.0. The van der Waals surface area contributed by atoms with Gasteiger partial charge in [-0.25, -0.2) is 4.79 Å². The second kappa shape index (κ2) is 7.49. The molecule has 23 heavy (non-hydrogen) atoms. The zero-order chi connectivity index (χ0) is 17.8. The first-order valence-electron chi connectivity index (χ1n) is 8.11. The Kier molecular flexibility index (Phi) is 6.41. The molecule has 1 fully saturated rings. The Hall–Kier alpha value is -1.34. The molecule has 0 aliphatic carbocycles. The molecule has 7 nitrogen and oxygen atoms in total. The number of carboxylic acids is 1. The Bertz CT molecular complexity index is 424. The van der Waals surface area contributed by atoms with Crippen molar-refractivity contribution >= 4 is 12.1 Å². The van der Waals surface area contributed by atoms with Gasteiger partial charge in [-0.1, -0.05) is 13.8 Å². The van der Waals surface area contributed by atoms with Crippen molar-refractivity contribution in [3.63, 3.8) is 0 Å². The van der Waals surface area contributed by atoms with Gasteiger partial charge in [0, 0.05) is 26.2 Å². The molecule has 1 amide bonds. The molecule has 1 saturated heterocycles. The third-order valence-electron chi connectivity index (χ3n) is 4.20. The van der Waals surface area contributed by atoms with E-state index in [1.807, 2.05) is 34.6 Å². The third kappa shape index (κ3) is 6.35. The topological polar surface area (TPSA) is 96.1 Å². The predicted molar refractivity (Wildman–Crippen MR) is 88.3 cm³/mol. The molecule has 0 aromatic carbocycles. The lowest BCUT2D eigenvalue weighted by Crippen LogP contribution is -2.51. The summed E-state index contributed by atoms with van der Waals surface area (Å²) in [6, 6.07) is -0.870. The maximum Gasteiger partial charge on any atom is 0.410 e. The van der Waals surface area contributed by atoms with Crippen LogP contribution < -0.4 is 5.73 Å². The van der Waals surface area contributed by atoms with Crippen LogP contribution in [-0.4, -0.2) is 71.3 Å². The fourth-order valence-corrected chi connectivity index (χ4v) is 2.42. The van der Waals surface area contributed by atoms with Crippen LogP contribution in [0.4, 0.5) is 4.79 Å². The van der Waals surface area contributed by atoms with Crippen LogP contribution in [0.5, 0.6) is 0 Å². The molecule has 0 aromatic heterocycles. The maximum atomic E-state index is 12.0. The Morgan fingerprint density at radius 3 is 2.09 bits per heavy atom. The lowest BCUT2D eigenvalue weighted by molar-refractivity contribution is -0.141. The summed E-state index contributed by atoms with van der Waals surface area (Å²) in [7, 11) is 0. The molecule has 1 rings (SSSR count). The average molecular weight is 329 g/mol. The van der Waals surface area contributed by atoms with Gasteiger partial charge in [-0.2, -0.15) is 0 Å². The summed E-state index contributed by atoms with van der Waals surface area (Å²) in [5.74, 6) is -0.968. The molecule has 1 atom stereocenters. The molecule has 134 valence electrons. The molecule has 7 heteroatoms. The van der Waals surface area contributed by atoms with Crippen molar-refractivity contribution in [2.45, 2.75) is 52.7 Å². The first kappa shape index (κ1) is 19.7. The minimum atomic E-state index is -0.968. The van der Waals surface area contributed by atoms with Crippen LogP contribution >= 0.6 is 0 Å². The highest BCUT2D eigenvalue weighted by molar-refractivity contribution is 5.74. The number of nitrogens with zero attached hydrogens (tertiary/aromatic N) is 2. The van der Waals surface area contributed by atoms with Crippen molar-refractivity contribution in [1.82, 2.24) is 9.80 Å². The number of amides is 1. The minimum Gasteiger partial charge on any atom is -0.480 e. The number of piperazine rings is 1. The molecule has 0 saturated carbocycles. The summed E-state index contributed by atoms with van der Waals surface area (Å²) in [4.78, 5) is 27.0. The van der Waals surface area contributed by atoms with Gasteiger partial charge in [0.15, 0.2) is 0 Å². The Balaban J connectivity index is 2.40. The van der Waals surface area contributed by atoms with Crippen molar-refractivity contribution in [3.05, 3.63) is 0 Å². The summed E-state index contributed by atoms with van der Waals surface area (Å²) in [5, 5.41) is 9.05. The molecule has 0 radical (unpaired) electrons. The quantitative estimate of drug-likeness (QED) is 0.791. The molecule has 1 aliphatic rings. The Labute approximate surface area is 138 Å². The van der Waals surface area contributed by atoms with Gasteiger partial charge in [0.25, 0.3) is 0 Å². The van der Waals surface area contributed by atoms with E-state index in [1.165, 1.54) is 0 Å². The number of rotatable bonds is 5. The van der Waals surface area contributed by atoms with E-state index >= 15 is 0 Å². The van der Waals surface area contributed by atoms with Crippen LogP contribution in [0, 0.1) is 5.41 Å². The summed E-state index contributed by atoms with van der Waals surface area (Å²) in [6.07, 6.45) is 0.428. The number of carbonyl (C=O) groups excluding carboxylic acids is 1. The van der Waals surface area contributed by atoms with Gasteiger partial charge in [0.05, 0.1) is 0 Å². The van der Waals surface area contributed by atoms with E-state index < -0.39 is 23.0 Å². The molecule has 0 aromatic rings. The normalized spacial score (nSPS) is 18.6. The Morgan fingerprint density at radius 2 is 1.65 bits per heavy atom. The number of aliphatic carboxylic acids is 1. The second-order valence-corrected chi connectivity index (χ2v) is 7.86. The van der Waals surface area contributed by atoms with Gasteiger partial charge in [0.1, 0.15) is 11.6 Å². The minimum absolute atomic E-state index is 0.273. The van der Waals surface area contributed by atoms with Gasteiger partial charge in [-0.15, -0.1) is 0 Å². The van der Waals surface area contributed by atoms with Gasteiger partial charge in [0.2, 0.25) is 0 Å². The molecule has 0 spiro atoms. The van der Waals surface area contributed by atoms with E-state index in [9.17, 15) is 9.59 Å². The first-order chi connectivity index (χ1) is 10.4. The summed E-state index contributed by atoms with van der Waals surface area (Å²) in [5.41, 5.74) is 4.80. The summed E-state index contributed by atoms with van der Waals surface area (Å²) in [6.45, 7) is 12.9. The lowest BCUT2D eigenvalue weighted by atomic mass is 9.81. The van der Waals surface area contributed by atoms with Crippen molar-refractivity contribution in [2.24, 2.45) is 11.1 Å². The standard InChI is InChI=1S/C16H31N3O4/c1-15(2,3)23-14(22)19-10-8-18(9-11-19)7-6-16(4,5)12(17)13(20)21/h12H,6-11,17H2,1-5H3,(H,20,21). The average Bonchev–Trinajstić information content (AvgIpc) is 2.43. The molecule has 1 unspecified atom stereocenters. The van der Waals surface area contributed by atoms with Crippen LogP contribution in [-0.2, 0) is 9.53 Å². The molecule has 1 heterocycles. The van der Waals surface area contributed by atoms with E-state index in [1.54, 1.807) is 4.90 Å². The number of carboxylic acid groups (broad SMARTS) is 1. The molecule has 0 bridgehead atoms. The highest BCUT2D eigenvalue weighted by Gasteiger charge is 2.33. The number of nitrogens with two attached hydrogens (primary N) is 1. The highest BCUT2D eigenvalue weighted by Crippen LogP contribution is 2.25. The van der Waals surface area contributed by atoms with Crippen LogP contribution in [0.1, 0.15) is 41.0 Å². The zero-order valence-corrected chi connectivity index (χ0v) is 15.0. The highest BCUT2D eigenvalue weighted by atomic mass is 16.6. The van der Waals surface area contributed by atoms with Gasteiger partial charge in [-0.05, 0) is 39.2 Å². The smallest absolute Gasteiger partial charge is 0.410 e. The first-order valence-corrected chi connectivity index (χ1v) is 8.11. The van der Waals surface area contributed by atoms with Crippen LogP contribution in [0.25, 0.3) is 0 Å².